The van der Waals surface area contributed by atoms with Gasteiger partial charge in [0.15, 0.2) is 5.82 Å². The van der Waals surface area contributed by atoms with Crippen LogP contribution in [0.5, 0.6) is 0 Å². The summed E-state index contributed by atoms with van der Waals surface area (Å²) in [6.07, 6.45) is 1.09. The zero-order valence-electron chi connectivity index (χ0n) is 7.62. The van der Waals surface area contributed by atoms with Crippen LogP contribution in [-0.4, -0.2) is 34.1 Å². The number of hydrogen-bond acceptors (Lipinski definition) is 4. The molecule has 0 radical (unpaired) electrons. The molecule has 0 aliphatic carbocycles. The molecule has 1 aliphatic heterocycles. The first kappa shape index (κ1) is 9.51. The highest BCUT2D eigenvalue weighted by Gasteiger charge is 2.34. The van der Waals surface area contributed by atoms with E-state index >= 15 is 0 Å². The molecule has 0 spiro atoms. The molecule has 4 nitrogen and oxygen atoms in total. The van der Waals surface area contributed by atoms with Gasteiger partial charge in [-0.2, -0.15) is 4.98 Å². The Labute approximate surface area is 79.9 Å². The average molecular weight is 203 g/mol. The monoisotopic (exact) mass is 203 g/mol. The molecule has 1 aromatic rings. The van der Waals surface area contributed by atoms with Crippen molar-refractivity contribution in [3.8, 4) is 0 Å². The summed E-state index contributed by atoms with van der Waals surface area (Å²) in [5.41, 5.74) is 0. The van der Waals surface area contributed by atoms with E-state index in [0.29, 0.717) is 25.5 Å². The molecule has 0 atom stereocenters. The van der Waals surface area contributed by atoms with Crippen molar-refractivity contribution in [3.05, 3.63) is 12.2 Å². The molecule has 78 valence electrons. The maximum Gasteiger partial charge on any atom is 0.250 e. The first-order chi connectivity index (χ1) is 6.66. The minimum Gasteiger partial charge on any atom is -0.343 e. The predicted octanol–water partition coefficient (Wildman–Crippen LogP) is 1.30. The third-order valence-corrected chi connectivity index (χ3v) is 2.36. The molecule has 2 heterocycles. The molecule has 2 rings (SSSR count). The second-order valence-corrected chi connectivity index (χ2v) is 3.48. The minimum absolute atomic E-state index is 0.0785. The van der Waals surface area contributed by atoms with Crippen LogP contribution >= 0.6 is 0 Å². The second kappa shape index (κ2) is 3.61. The fourth-order valence-electron chi connectivity index (χ4n) is 1.50. The van der Waals surface area contributed by atoms with Crippen molar-refractivity contribution >= 4 is 0 Å². The van der Waals surface area contributed by atoms with E-state index in [4.69, 9.17) is 0 Å². The van der Waals surface area contributed by atoms with E-state index in [0.717, 1.165) is 0 Å². The Bertz CT molecular complexity index is 279. The summed E-state index contributed by atoms with van der Waals surface area (Å²) < 4.78 is 30.1. The molecular formula is C8H11F2N3O. The van der Waals surface area contributed by atoms with Gasteiger partial charge >= 0.3 is 0 Å². The van der Waals surface area contributed by atoms with Gasteiger partial charge in [0.05, 0.1) is 6.54 Å². The summed E-state index contributed by atoms with van der Waals surface area (Å²) in [4.78, 5) is 5.74. The van der Waals surface area contributed by atoms with Gasteiger partial charge in [-0.25, -0.2) is 8.78 Å². The summed E-state index contributed by atoms with van der Waals surface area (Å²) in [5, 5.41) is 3.63. The average Bonchev–Trinajstić information content (AvgIpc) is 2.61. The normalized spacial score (nSPS) is 22.4. The van der Waals surface area contributed by atoms with E-state index in [2.05, 4.69) is 14.7 Å². The number of alkyl halides is 2. The minimum atomic E-state index is -2.49. The van der Waals surface area contributed by atoms with Crippen molar-refractivity contribution < 1.29 is 13.3 Å². The maximum absolute atomic E-state index is 12.8. The molecule has 1 aliphatic rings. The van der Waals surface area contributed by atoms with Gasteiger partial charge in [0.2, 0.25) is 6.39 Å². The second-order valence-electron chi connectivity index (χ2n) is 3.48. The van der Waals surface area contributed by atoms with Crippen LogP contribution in [0.4, 0.5) is 8.78 Å². The number of nitrogens with zero attached hydrogens (tertiary/aromatic N) is 3. The van der Waals surface area contributed by atoms with Crippen LogP contribution in [0.2, 0.25) is 0 Å². The van der Waals surface area contributed by atoms with Crippen LogP contribution < -0.4 is 0 Å². The van der Waals surface area contributed by atoms with Gasteiger partial charge in [0.25, 0.3) is 5.92 Å². The SMILES string of the molecule is FC1(F)CCN(Cc2ncon2)CC1. The van der Waals surface area contributed by atoms with Crippen LogP contribution in [0.3, 0.4) is 0 Å². The lowest BCUT2D eigenvalue weighted by molar-refractivity contribution is -0.0571. The summed E-state index contributed by atoms with van der Waals surface area (Å²) in [7, 11) is 0. The van der Waals surface area contributed by atoms with E-state index in [1.807, 2.05) is 4.90 Å². The molecule has 1 aromatic heterocycles. The standard InChI is InChI=1S/C8H11F2N3O/c9-8(10)1-3-13(4-2-8)5-7-11-6-14-12-7/h6H,1-5H2. The fraction of sp³-hybridized carbons (Fsp3) is 0.750. The molecule has 1 fully saturated rings. The largest absolute Gasteiger partial charge is 0.343 e. The van der Waals surface area contributed by atoms with E-state index in [-0.39, 0.29) is 12.8 Å². The highest BCUT2D eigenvalue weighted by Crippen LogP contribution is 2.27. The Morgan fingerprint density at radius 2 is 2.14 bits per heavy atom. The smallest absolute Gasteiger partial charge is 0.250 e. The summed E-state index contributed by atoms with van der Waals surface area (Å²) in [6, 6.07) is 0. The van der Waals surface area contributed by atoms with Crippen molar-refractivity contribution in [2.24, 2.45) is 0 Å². The van der Waals surface area contributed by atoms with Crippen molar-refractivity contribution in [1.82, 2.24) is 15.0 Å². The third-order valence-electron chi connectivity index (χ3n) is 2.36. The van der Waals surface area contributed by atoms with E-state index in [9.17, 15) is 8.78 Å². The lowest BCUT2D eigenvalue weighted by atomic mass is 10.1. The van der Waals surface area contributed by atoms with Crippen LogP contribution in [0.15, 0.2) is 10.9 Å². The molecule has 6 heteroatoms. The lowest BCUT2D eigenvalue weighted by Gasteiger charge is -2.30. The zero-order chi connectivity index (χ0) is 10.0. The lowest BCUT2D eigenvalue weighted by Crippen LogP contribution is -2.39. The predicted molar refractivity (Wildman–Crippen MR) is 43.8 cm³/mol. The first-order valence-electron chi connectivity index (χ1n) is 4.51. The summed E-state index contributed by atoms with van der Waals surface area (Å²) >= 11 is 0. The summed E-state index contributed by atoms with van der Waals surface area (Å²) in [5.74, 6) is -1.94. The van der Waals surface area contributed by atoms with Gasteiger partial charge in [0, 0.05) is 25.9 Å². The molecular weight excluding hydrogens is 192 g/mol. The fourth-order valence-corrected chi connectivity index (χ4v) is 1.50. The van der Waals surface area contributed by atoms with E-state index in [1.165, 1.54) is 6.39 Å². The van der Waals surface area contributed by atoms with Crippen molar-refractivity contribution in [1.29, 1.82) is 0 Å². The zero-order valence-corrected chi connectivity index (χ0v) is 7.62. The molecule has 0 bridgehead atoms. The van der Waals surface area contributed by atoms with Crippen molar-refractivity contribution in [2.45, 2.75) is 25.3 Å². The quantitative estimate of drug-likeness (QED) is 0.726. The van der Waals surface area contributed by atoms with E-state index in [1.54, 1.807) is 0 Å². The van der Waals surface area contributed by atoms with Gasteiger partial charge in [-0.3, -0.25) is 4.90 Å². The Morgan fingerprint density at radius 1 is 1.43 bits per heavy atom. The number of rotatable bonds is 2. The van der Waals surface area contributed by atoms with Gasteiger partial charge in [-0.1, -0.05) is 5.16 Å². The molecule has 0 N–H and O–H groups in total. The van der Waals surface area contributed by atoms with Crippen LogP contribution in [0.25, 0.3) is 0 Å². The number of aromatic nitrogens is 2. The maximum atomic E-state index is 12.8. The third kappa shape index (κ3) is 2.25. The Balaban J connectivity index is 1.85. The van der Waals surface area contributed by atoms with Crippen LogP contribution in [0, 0.1) is 0 Å². The van der Waals surface area contributed by atoms with E-state index < -0.39 is 5.92 Å². The molecule has 1 saturated heterocycles. The number of piperidine rings is 1. The Morgan fingerprint density at radius 3 is 2.71 bits per heavy atom. The van der Waals surface area contributed by atoms with Gasteiger partial charge in [0.1, 0.15) is 0 Å². The van der Waals surface area contributed by atoms with Gasteiger partial charge in [-0.05, 0) is 0 Å². The molecule has 0 amide bonds. The number of halogens is 2. The topological polar surface area (TPSA) is 42.2 Å². The molecule has 0 unspecified atom stereocenters. The Hall–Kier alpha value is -1.04. The molecule has 14 heavy (non-hydrogen) atoms. The van der Waals surface area contributed by atoms with Gasteiger partial charge < -0.3 is 4.52 Å². The van der Waals surface area contributed by atoms with Gasteiger partial charge in [-0.15, -0.1) is 0 Å². The van der Waals surface area contributed by atoms with Crippen LogP contribution in [-0.2, 0) is 6.54 Å². The number of likely N-dealkylation sites (tertiary alicyclic amines) is 1. The van der Waals surface area contributed by atoms with Crippen LogP contribution in [0.1, 0.15) is 18.7 Å². The van der Waals surface area contributed by atoms with Crippen molar-refractivity contribution in [2.75, 3.05) is 13.1 Å². The highest BCUT2D eigenvalue weighted by molar-refractivity contribution is 4.83. The number of hydrogen-bond donors (Lipinski definition) is 0. The Kier molecular flexibility index (Phi) is 2.45. The van der Waals surface area contributed by atoms with Crippen molar-refractivity contribution in [3.63, 3.8) is 0 Å². The molecule has 0 aromatic carbocycles. The molecule has 0 saturated carbocycles. The highest BCUT2D eigenvalue weighted by atomic mass is 19.3. The first-order valence-corrected chi connectivity index (χ1v) is 4.51. The summed E-state index contributed by atoms with van der Waals surface area (Å²) in [6.45, 7) is 1.27.